The summed E-state index contributed by atoms with van der Waals surface area (Å²) in [6, 6.07) is 11.0. The molecule has 0 fully saturated rings. The molecule has 0 radical (unpaired) electrons. The van der Waals surface area contributed by atoms with Crippen LogP contribution in [0.2, 0.25) is 0 Å². The van der Waals surface area contributed by atoms with Crippen LogP contribution in [-0.2, 0) is 14.3 Å². The van der Waals surface area contributed by atoms with Crippen molar-refractivity contribution in [1.82, 2.24) is 4.57 Å². The van der Waals surface area contributed by atoms with E-state index >= 15 is 0 Å². The Morgan fingerprint density at radius 3 is 2.64 bits per heavy atom. The van der Waals surface area contributed by atoms with Crippen LogP contribution in [-0.4, -0.2) is 37.5 Å². The third-order valence-electron chi connectivity index (χ3n) is 5.77. The Balaban J connectivity index is 1.67. The number of rotatable bonds is 11. The van der Waals surface area contributed by atoms with Crippen molar-refractivity contribution in [2.75, 3.05) is 26.9 Å². The topological polar surface area (TPSA) is 79.1 Å². The summed E-state index contributed by atoms with van der Waals surface area (Å²) in [5.41, 5.74) is 1.63. The molecule has 0 spiro atoms. The van der Waals surface area contributed by atoms with Crippen LogP contribution in [0, 0.1) is 0 Å². The lowest BCUT2D eigenvalue weighted by Crippen LogP contribution is -2.39. The third kappa shape index (κ3) is 5.86. The standard InChI is InChI=1S/C27H30N2O5S2/c1-4-5-6-13-33-20-11-9-19(10-12-20)17-22-25(30)29-24(21-8-7-16-35-21)23(18(2)28-27(29)36-22)26(31)34-15-14-32-3/h7-12,16-17,24H,4-6,13-15H2,1-3H3. The monoisotopic (exact) mass is 526 g/mol. The molecule has 7 nitrogen and oxygen atoms in total. The third-order valence-corrected chi connectivity index (χ3v) is 7.68. The second kappa shape index (κ2) is 12.3. The van der Waals surface area contributed by atoms with Crippen molar-refractivity contribution in [1.29, 1.82) is 0 Å². The number of nitrogens with zero attached hydrogens (tertiary/aromatic N) is 2. The second-order valence-corrected chi connectivity index (χ2v) is 10.3. The van der Waals surface area contributed by atoms with E-state index in [-0.39, 0.29) is 12.2 Å². The Bertz CT molecular complexity index is 1390. The van der Waals surface area contributed by atoms with E-state index in [1.165, 1.54) is 22.7 Å². The molecule has 2 aromatic heterocycles. The maximum atomic E-state index is 13.6. The predicted molar refractivity (Wildman–Crippen MR) is 142 cm³/mol. The Morgan fingerprint density at radius 2 is 1.94 bits per heavy atom. The van der Waals surface area contributed by atoms with Gasteiger partial charge in [0.05, 0.1) is 29.0 Å². The van der Waals surface area contributed by atoms with E-state index in [0.717, 1.165) is 35.5 Å². The van der Waals surface area contributed by atoms with Crippen LogP contribution in [0.1, 0.15) is 49.6 Å². The van der Waals surface area contributed by atoms with Gasteiger partial charge in [-0.2, -0.15) is 0 Å². The largest absolute Gasteiger partial charge is 0.494 e. The summed E-state index contributed by atoms with van der Waals surface area (Å²) in [4.78, 5) is 32.7. The van der Waals surface area contributed by atoms with Crippen molar-refractivity contribution >= 4 is 34.7 Å². The SMILES string of the molecule is CCCCCOc1ccc(C=c2sc3n(c2=O)C(c2cccs2)C(C(=O)OCCOC)=C(C)N=3)cc1. The first-order valence-electron chi connectivity index (χ1n) is 12.0. The van der Waals surface area contributed by atoms with Crippen molar-refractivity contribution in [3.05, 3.63) is 83.2 Å². The van der Waals surface area contributed by atoms with Gasteiger partial charge in [-0.1, -0.05) is 49.3 Å². The van der Waals surface area contributed by atoms with Crippen LogP contribution in [0.25, 0.3) is 6.08 Å². The Hall–Kier alpha value is -3.01. The summed E-state index contributed by atoms with van der Waals surface area (Å²) in [7, 11) is 1.55. The van der Waals surface area contributed by atoms with E-state index in [1.807, 2.05) is 47.9 Å². The van der Waals surface area contributed by atoms with Crippen LogP contribution >= 0.6 is 22.7 Å². The van der Waals surface area contributed by atoms with Gasteiger partial charge in [0, 0.05) is 12.0 Å². The lowest BCUT2D eigenvalue weighted by atomic mass is 10.0. The number of ether oxygens (including phenoxy) is 3. The smallest absolute Gasteiger partial charge is 0.338 e. The number of methoxy groups -OCH3 is 1. The normalized spacial score (nSPS) is 15.5. The minimum absolute atomic E-state index is 0.131. The van der Waals surface area contributed by atoms with Crippen molar-refractivity contribution in [3.8, 4) is 5.75 Å². The van der Waals surface area contributed by atoms with Gasteiger partial charge in [0.2, 0.25) is 0 Å². The van der Waals surface area contributed by atoms with Crippen molar-refractivity contribution in [2.45, 2.75) is 39.2 Å². The van der Waals surface area contributed by atoms with Gasteiger partial charge >= 0.3 is 5.97 Å². The fourth-order valence-electron chi connectivity index (χ4n) is 3.95. The molecule has 0 saturated carbocycles. The summed E-state index contributed by atoms with van der Waals surface area (Å²) in [6.45, 7) is 5.07. The number of hydrogen-bond acceptors (Lipinski definition) is 8. The molecular weight excluding hydrogens is 496 g/mol. The highest BCUT2D eigenvalue weighted by molar-refractivity contribution is 7.10. The van der Waals surface area contributed by atoms with Gasteiger partial charge in [-0.05, 0) is 48.6 Å². The number of thiophene rings is 1. The molecule has 1 aliphatic rings. The number of benzene rings is 1. The predicted octanol–water partition coefficient (Wildman–Crippen LogP) is 4.06. The van der Waals surface area contributed by atoms with Crippen molar-refractivity contribution in [2.24, 2.45) is 4.99 Å². The number of unbranched alkanes of at least 4 members (excludes halogenated alkanes) is 2. The molecule has 0 N–H and O–H groups in total. The molecule has 0 saturated heterocycles. The molecule has 1 unspecified atom stereocenters. The Morgan fingerprint density at radius 1 is 1.14 bits per heavy atom. The van der Waals surface area contributed by atoms with Crippen molar-refractivity contribution < 1.29 is 19.0 Å². The minimum Gasteiger partial charge on any atom is -0.494 e. The summed E-state index contributed by atoms with van der Waals surface area (Å²) in [5, 5.41) is 1.93. The number of carbonyl (C=O) groups excluding carboxylic acids is 1. The number of thiazole rings is 1. The molecule has 4 rings (SSSR count). The summed E-state index contributed by atoms with van der Waals surface area (Å²) >= 11 is 2.81. The molecule has 190 valence electrons. The van der Waals surface area contributed by atoms with Crippen LogP contribution in [0.15, 0.2) is 62.8 Å². The number of allylic oxidation sites excluding steroid dienone is 1. The minimum atomic E-state index is -0.586. The van der Waals surface area contributed by atoms with Crippen LogP contribution < -0.4 is 19.6 Å². The summed E-state index contributed by atoms with van der Waals surface area (Å²) in [6.07, 6.45) is 5.19. The Labute approximate surface area is 218 Å². The molecule has 1 aromatic carbocycles. The highest BCUT2D eigenvalue weighted by atomic mass is 32.1. The van der Waals surface area contributed by atoms with Gasteiger partial charge in [-0.15, -0.1) is 11.3 Å². The fourth-order valence-corrected chi connectivity index (χ4v) is 5.82. The molecular formula is C27H30N2O5S2. The fraction of sp³-hybridized carbons (Fsp3) is 0.370. The van der Waals surface area contributed by atoms with Gasteiger partial charge in [-0.3, -0.25) is 9.36 Å². The number of esters is 1. The number of fused-ring (bicyclic) bond motifs is 1. The van der Waals surface area contributed by atoms with E-state index < -0.39 is 12.0 Å². The highest BCUT2D eigenvalue weighted by Crippen LogP contribution is 2.33. The summed E-state index contributed by atoms with van der Waals surface area (Å²) in [5.74, 6) is 0.324. The molecule has 3 aromatic rings. The highest BCUT2D eigenvalue weighted by Gasteiger charge is 2.34. The molecule has 0 aliphatic carbocycles. The molecule has 9 heteroatoms. The first-order chi connectivity index (χ1) is 17.5. The van der Waals surface area contributed by atoms with Crippen molar-refractivity contribution in [3.63, 3.8) is 0 Å². The molecule has 0 amide bonds. The molecule has 1 aliphatic heterocycles. The zero-order chi connectivity index (χ0) is 25.5. The number of aromatic nitrogens is 1. The maximum absolute atomic E-state index is 13.6. The van der Waals surface area contributed by atoms with Crippen LogP contribution in [0.4, 0.5) is 0 Å². The first-order valence-corrected chi connectivity index (χ1v) is 13.7. The lowest BCUT2D eigenvalue weighted by molar-refractivity contribution is -0.140. The average molecular weight is 527 g/mol. The van der Waals surface area contributed by atoms with E-state index in [4.69, 9.17) is 14.2 Å². The lowest BCUT2D eigenvalue weighted by Gasteiger charge is -2.23. The second-order valence-electron chi connectivity index (χ2n) is 8.35. The van der Waals surface area contributed by atoms with Gasteiger partial charge < -0.3 is 14.2 Å². The number of carbonyl (C=O) groups is 1. The van der Waals surface area contributed by atoms with Gasteiger partial charge in [0.15, 0.2) is 4.80 Å². The van der Waals surface area contributed by atoms with E-state index in [1.54, 1.807) is 18.6 Å². The zero-order valence-corrected chi connectivity index (χ0v) is 22.3. The maximum Gasteiger partial charge on any atom is 0.338 e. The van der Waals surface area contributed by atoms with E-state index in [9.17, 15) is 9.59 Å². The first kappa shape index (κ1) is 26.1. The summed E-state index contributed by atoms with van der Waals surface area (Å²) < 4.78 is 18.4. The van der Waals surface area contributed by atoms with Gasteiger partial charge in [0.25, 0.3) is 5.56 Å². The van der Waals surface area contributed by atoms with Gasteiger partial charge in [-0.25, -0.2) is 9.79 Å². The Kier molecular flexibility index (Phi) is 8.90. The molecule has 0 bridgehead atoms. The van der Waals surface area contributed by atoms with Crippen LogP contribution in [0.3, 0.4) is 0 Å². The van der Waals surface area contributed by atoms with Crippen LogP contribution in [0.5, 0.6) is 5.75 Å². The average Bonchev–Trinajstić information content (AvgIpc) is 3.51. The van der Waals surface area contributed by atoms with Gasteiger partial charge in [0.1, 0.15) is 18.4 Å². The quantitative estimate of drug-likeness (QED) is 0.278. The molecule has 3 heterocycles. The zero-order valence-electron chi connectivity index (χ0n) is 20.7. The van der Waals surface area contributed by atoms with E-state index in [0.29, 0.717) is 33.8 Å². The number of hydrogen-bond donors (Lipinski definition) is 0. The van der Waals surface area contributed by atoms with E-state index in [2.05, 4.69) is 11.9 Å². The molecule has 36 heavy (non-hydrogen) atoms. The molecule has 1 atom stereocenters.